The van der Waals surface area contributed by atoms with Gasteiger partial charge in [0.25, 0.3) is 0 Å². The number of aromatic carboxylic acids is 1. The Morgan fingerprint density at radius 1 is 1.44 bits per heavy atom. The van der Waals surface area contributed by atoms with Gasteiger partial charge >= 0.3 is 5.97 Å². The van der Waals surface area contributed by atoms with Crippen LogP contribution in [0.1, 0.15) is 29.9 Å². The van der Waals surface area contributed by atoms with Gasteiger partial charge in [-0.2, -0.15) is 0 Å². The van der Waals surface area contributed by atoms with Crippen molar-refractivity contribution in [1.82, 2.24) is 9.88 Å². The molecule has 0 aliphatic heterocycles. The van der Waals surface area contributed by atoms with Crippen LogP contribution in [-0.2, 0) is 11.3 Å². The van der Waals surface area contributed by atoms with Gasteiger partial charge in [-0.05, 0) is 25.6 Å². The van der Waals surface area contributed by atoms with E-state index in [0.717, 1.165) is 25.4 Å². The van der Waals surface area contributed by atoms with Gasteiger partial charge in [-0.1, -0.05) is 6.92 Å². The zero-order chi connectivity index (χ0) is 13.4. The number of pyridine rings is 1. The molecule has 18 heavy (non-hydrogen) atoms. The fraction of sp³-hybridized carbons (Fsp3) is 0.538. The highest BCUT2D eigenvalue weighted by Crippen LogP contribution is 2.04. The van der Waals surface area contributed by atoms with Crippen LogP contribution < -0.4 is 0 Å². The highest BCUT2D eigenvalue weighted by molar-refractivity contribution is 5.87. The van der Waals surface area contributed by atoms with E-state index in [2.05, 4.69) is 16.8 Å². The largest absolute Gasteiger partial charge is 0.478 e. The molecule has 0 unspecified atom stereocenters. The summed E-state index contributed by atoms with van der Waals surface area (Å²) in [5.74, 6) is -0.947. The quantitative estimate of drug-likeness (QED) is 0.713. The molecular formula is C13H20N2O3. The summed E-state index contributed by atoms with van der Waals surface area (Å²) in [6.45, 7) is 7.96. The molecule has 1 aromatic heterocycles. The molecule has 1 heterocycles. The lowest BCUT2D eigenvalue weighted by molar-refractivity contribution is 0.0696. The zero-order valence-electron chi connectivity index (χ0n) is 10.9. The van der Waals surface area contributed by atoms with E-state index in [1.54, 1.807) is 12.1 Å². The molecule has 0 aliphatic rings. The van der Waals surface area contributed by atoms with Crippen LogP contribution in [0.4, 0.5) is 0 Å². The Morgan fingerprint density at radius 2 is 2.22 bits per heavy atom. The molecule has 0 amide bonds. The first-order chi connectivity index (χ1) is 8.67. The summed E-state index contributed by atoms with van der Waals surface area (Å²) in [6.07, 6.45) is 1.40. The van der Waals surface area contributed by atoms with Crippen molar-refractivity contribution in [2.24, 2.45) is 0 Å². The summed E-state index contributed by atoms with van der Waals surface area (Å²) in [5.41, 5.74) is 1.09. The third kappa shape index (κ3) is 4.81. The molecule has 0 saturated carbocycles. The number of ether oxygens (including phenoxy) is 1. The summed E-state index contributed by atoms with van der Waals surface area (Å²) in [6, 6.07) is 3.34. The minimum atomic E-state index is -0.947. The van der Waals surface area contributed by atoms with Gasteiger partial charge in [0, 0.05) is 25.9 Å². The van der Waals surface area contributed by atoms with E-state index in [0.29, 0.717) is 13.2 Å². The van der Waals surface area contributed by atoms with Crippen molar-refractivity contribution < 1.29 is 14.6 Å². The Balaban J connectivity index is 2.50. The van der Waals surface area contributed by atoms with Crippen LogP contribution in [0.5, 0.6) is 0 Å². The Morgan fingerprint density at radius 3 is 2.72 bits per heavy atom. The summed E-state index contributed by atoms with van der Waals surface area (Å²) in [4.78, 5) is 17.1. The maximum Gasteiger partial charge on any atom is 0.337 e. The van der Waals surface area contributed by atoms with E-state index in [1.807, 2.05) is 6.92 Å². The van der Waals surface area contributed by atoms with E-state index >= 15 is 0 Å². The first kappa shape index (κ1) is 14.6. The lowest BCUT2D eigenvalue weighted by Crippen LogP contribution is -2.27. The Labute approximate surface area is 107 Å². The van der Waals surface area contributed by atoms with Crippen LogP contribution >= 0.6 is 0 Å². The van der Waals surface area contributed by atoms with Gasteiger partial charge in [0.2, 0.25) is 0 Å². The predicted octanol–water partition coefficient (Wildman–Crippen LogP) is 1.64. The Kier molecular flexibility index (Phi) is 6.32. The van der Waals surface area contributed by atoms with Gasteiger partial charge in [-0.3, -0.25) is 9.88 Å². The fourth-order valence-electron chi connectivity index (χ4n) is 1.56. The third-order valence-corrected chi connectivity index (χ3v) is 2.66. The van der Waals surface area contributed by atoms with Crippen molar-refractivity contribution in [3.05, 3.63) is 29.6 Å². The lowest BCUT2D eigenvalue weighted by atomic mass is 10.2. The normalized spacial score (nSPS) is 10.8. The molecule has 5 nitrogen and oxygen atoms in total. The first-order valence-corrected chi connectivity index (χ1v) is 6.15. The fourth-order valence-corrected chi connectivity index (χ4v) is 1.56. The molecule has 0 saturated heterocycles. The van der Waals surface area contributed by atoms with E-state index in [-0.39, 0.29) is 5.56 Å². The number of hydrogen-bond acceptors (Lipinski definition) is 4. The van der Waals surface area contributed by atoms with Crippen molar-refractivity contribution in [1.29, 1.82) is 0 Å². The molecule has 0 atom stereocenters. The first-order valence-electron chi connectivity index (χ1n) is 6.15. The van der Waals surface area contributed by atoms with Crippen molar-refractivity contribution in [3.8, 4) is 0 Å². The smallest absolute Gasteiger partial charge is 0.337 e. The Hall–Kier alpha value is -1.46. The molecule has 0 fully saturated rings. The molecular weight excluding hydrogens is 232 g/mol. The summed E-state index contributed by atoms with van der Waals surface area (Å²) in [7, 11) is 0. The zero-order valence-corrected chi connectivity index (χ0v) is 10.9. The third-order valence-electron chi connectivity index (χ3n) is 2.66. The minimum Gasteiger partial charge on any atom is -0.478 e. The minimum absolute atomic E-state index is 0.219. The molecule has 0 aromatic carbocycles. The van der Waals surface area contributed by atoms with Gasteiger partial charge in [-0.15, -0.1) is 0 Å². The highest BCUT2D eigenvalue weighted by Gasteiger charge is 2.06. The molecule has 0 radical (unpaired) electrons. The molecule has 5 heteroatoms. The second kappa shape index (κ2) is 7.79. The van der Waals surface area contributed by atoms with Crippen molar-refractivity contribution in [2.45, 2.75) is 20.4 Å². The van der Waals surface area contributed by atoms with Gasteiger partial charge in [-0.25, -0.2) is 4.79 Å². The van der Waals surface area contributed by atoms with Gasteiger partial charge in [0.1, 0.15) is 0 Å². The predicted molar refractivity (Wildman–Crippen MR) is 68.6 cm³/mol. The summed E-state index contributed by atoms with van der Waals surface area (Å²) < 4.78 is 5.31. The van der Waals surface area contributed by atoms with E-state index in [1.165, 1.54) is 6.20 Å². The van der Waals surface area contributed by atoms with Crippen LogP contribution in [-0.4, -0.2) is 47.3 Å². The second-order valence-corrected chi connectivity index (χ2v) is 3.91. The van der Waals surface area contributed by atoms with Crippen LogP contribution in [0.25, 0.3) is 0 Å². The number of nitrogens with zero attached hydrogens (tertiary/aromatic N) is 2. The van der Waals surface area contributed by atoms with Crippen molar-refractivity contribution in [2.75, 3.05) is 26.3 Å². The maximum atomic E-state index is 10.7. The average molecular weight is 252 g/mol. The summed E-state index contributed by atoms with van der Waals surface area (Å²) >= 11 is 0. The maximum absolute atomic E-state index is 10.7. The van der Waals surface area contributed by atoms with Crippen LogP contribution in [0, 0.1) is 0 Å². The molecule has 0 bridgehead atoms. The molecule has 1 rings (SSSR count). The van der Waals surface area contributed by atoms with Gasteiger partial charge in [0.15, 0.2) is 0 Å². The van der Waals surface area contributed by atoms with Gasteiger partial charge in [0.05, 0.1) is 17.9 Å². The molecule has 1 aromatic rings. The van der Waals surface area contributed by atoms with Crippen molar-refractivity contribution >= 4 is 5.97 Å². The van der Waals surface area contributed by atoms with E-state index in [9.17, 15) is 4.79 Å². The number of hydrogen-bond donors (Lipinski definition) is 1. The van der Waals surface area contributed by atoms with E-state index < -0.39 is 5.97 Å². The molecule has 1 N–H and O–H groups in total. The molecule has 0 spiro atoms. The summed E-state index contributed by atoms with van der Waals surface area (Å²) in [5, 5.41) is 8.78. The number of carboxylic acids is 1. The molecule has 0 aliphatic carbocycles. The number of likely N-dealkylation sites (N-methyl/N-ethyl adjacent to an activating group) is 1. The number of rotatable bonds is 8. The second-order valence-electron chi connectivity index (χ2n) is 3.91. The monoisotopic (exact) mass is 252 g/mol. The number of carboxylic acid groups (broad SMARTS) is 1. The van der Waals surface area contributed by atoms with Crippen LogP contribution in [0.2, 0.25) is 0 Å². The Bertz CT molecular complexity index is 365. The lowest BCUT2D eigenvalue weighted by Gasteiger charge is -2.19. The topological polar surface area (TPSA) is 62.7 Å². The standard InChI is InChI=1S/C13H20N2O3/c1-3-15(7-8-18-4-2)10-12-6-5-11(9-14-12)13(16)17/h5-6,9H,3-4,7-8,10H2,1-2H3,(H,16,17). The van der Waals surface area contributed by atoms with Crippen molar-refractivity contribution in [3.63, 3.8) is 0 Å². The molecule has 100 valence electrons. The highest BCUT2D eigenvalue weighted by atomic mass is 16.5. The SMILES string of the molecule is CCOCCN(CC)Cc1ccc(C(=O)O)cn1. The van der Waals surface area contributed by atoms with E-state index in [4.69, 9.17) is 9.84 Å². The number of carbonyl (C=O) groups is 1. The number of aromatic nitrogens is 1. The van der Waals surface area contributed by atoms with Crippen LogP contribution in [0.3, 0.4) is 0 Å². The van der Waals surface area contributed by atoms with Gasteiger partial charge < -0.3 is 9.84 Å². The average Bonchev–Trinajstić information content (AvgIpc) is 2.38. The van der Waals surface area contributed by atoms with Crippen LogP contribution in [0.15, 0.2) is 18.3 Å².